The standard InChI is InChI=1S/C17H11ClN2O5S/c1-25-14-7-2-10(8-13(14)20(23)24)9-15-16(21)19(17(22)26-15)12-5-3-11(18)4-6-12/h2-9H,1H3. The average molecular weight is 391 g/mol. The number of carbonyl (C=O) groups excluding carboxylic acids is 2. The van der Waals surface area contributed by atoms with Gasteiger partial charge in [0.25, 0.3) is 11.1 Å². The SMILES string of the molecule is COc1ccc(C=C2SC(=O)N(c3ccc(Cl)cc3)C2=O)cc1[N+](=O)[O-]. The molecule has 1 aliphatic rings. The van der Waals surface area contributed by atoms with Crippen molar-refractivity contribution in [2.75, 3.05) is 12.0 Å². The zero-order valence-electron chi connectivity index (χ0n) is 13.3. The monoisotopic (exact) mass is 390 g/mol. The minimum atomic E-state index is -0.574. The first kappa shape index (κ1) is 18.0. The Kier molecular flexibility index (Phi) is 4.97. The fraction of sp³-hybridized carbons (Fsp3) is 0.0588. The molecule has 2 aromatic carbocycles. The number of rotatable bonds is 4. The summed E-state index contributed by atoms with van der Waals surface area (Å²) in [5, 5.41) is 11.1. The van der Waals surface area contributed by atoms with Crippen LogP contribution in [0, 0.1) is 10.1 Å². The Bertz CT molecular complexity index is 943. The van der Waals surface area contributed by atoms with Crippen LogP contribution in [-0.4, -0.2) is 23.2 Å². The molecule has 0 aliphatic carbocycles. The van der Waals surface area contributed by atoms with Crippen LogP contribution < -0.4 is 9.64 Å². The van der Waals surface area contributed by atoms with E-state index in [1.54, 1.807) is 30.3 Å². The maximum absolute atomic E-state index is 12.6. The molecule has 0 atom stereocenters. The van der Waals surface area contributed by atoms with Crippen LogP contribution in [0.15, 0.2) is 47.4 Å². The second-order valence-corrected chi connectivity index (χ2v) is 6.61. The van der Waals surface area contributed by atoms with Crippen LogP contribution in [-0.2, 0) is 4.79 Å². The Morgan fingerprint density at radius 1 is 1.19 bits per heavy atom. The van der Waals surface area contributed by atoms with Crippen LogP contribution in [0.3, 0.4) is 0 Å². The van der Waals surface area contributed by atoms with Crippen LogP contribution in [0.1, 0.15) is 5.56 Å². The van der Waals surface area contributed by atoms with Gasteiger partial charge in [-0.1, -0.05) is 17.7 Å². The molecule has 1 saturated heterocycles. The van der Waals surface area contributed by atoms with E-state index in [4.69, 9.17) is 16.3 Å². The topological polar surface area (TPSA) is 89.8 Å². The highest BCUT2D eigenvalue weighted by Crippen LogP contribution is 2.37. The number of thioether (sulfide) groups is 1. The third kappa shape index (κ3) is 3.42. The number of nitro benzene ring substituents is 1. The molecule has 3 rings (SSSR count). The zero-order valence-corrected chi connectivity index (χ0v) is 14.9. The van der Waals surface area contributed by atoms with Crippen LogP contribution in [0.5, 0.6) is 5.75 Å². The largest absolute Gasteiger partial charge is 0.490 e. The van der Waals surface area contributed by atoms with E-state index in [-0.39, 0.29) is 16.3 Å². The van der Waals surface area contributed by atoms with E-state index in [0.717, 1.165) is 16.7 Å². The van der Waals surface area contributed by atoms with Gasteiger partial charge >= 0.3 is 5.69 Å². The Morgan fingerprint density at radius 2 is 1.88 bits per heavy atom. The predicted octanol–water partition coefficient (Wildman–Crippen LogP) is 4.50. The van der Waals surface area contributed by atoms with E-state index in [1.165, 1.54) is 25.3 Å². The van der Waals surface area contributed by atoms with Crippen molar-refractivity contribution in [3.8, 4) is 5.75 Å². The van der Waals surface area contributed by atoms with Gasteiger partial charge in [-0.3, -0.25) is 19.7 Å². The molecule has 0 spiro atoms. The van der Waals surface area contributed by atoms with Crippen LogP contribution in [0.2, 0.25) is 5.02 Å². The first-order valence-corrected chi connectivity index (χ1v) is 8.46. The number of hydrogen-bond acceptors (Lipinski definition) is 6. The maximum atomic E-state index is 12.6. The average Bonchev–Trinajstić information content (AvgIpc) is 2.89. The molecule has 2 aromatic rings. The highest BCUT2D eigenvalue weighted by molar-refractivity contribution is 8.19. The van der Waals surface area contributed by atoms with Crippen molar-refractivity contribution in [3.63, 3.8) is 0 Å². The summed E-state index contributed by atoms with van der Waals surface area (Å²) >= 11 is 6.59. The van der Waals surface area contributed by atoms with Gasteiger partial charge in [0.05, 0.1) is 22.6 Å². The molecule has 0 aromatic heterocycles. The third-order valence-electron chi connectivity index (χ3n) is 3.58. The van der Waals surface area contributed by atoms with Gasteiger partial charge in [0, 0.05) is 11.1 Å². The number of methoxy groups -OCH3 is 1. The summed E-state index contributed by atoms with van der Waals surface area (Å²) in [7, 11) is 1.33. The molecule has 0 unspecified atom stereocenters. The van der Waals surface area contributed by atoms with Gasteiger partial charge in [-0.05, 0) is 53.7 Å². The molecule has 26 heavy (non-hydrogen) atoms. The van der Waals surface area contributed by atoms with E-state index in [9.17, 15) is 19.7 Å². The second-order valence-electron chi connectivity index (χ2n) is 5.18. The summed E-state index contributed by atoms with van der Waals surface area (Å²) < 4.78 is 4.95. The normalized spacial score (nSPS) is 15.6. The molecule has 0 bridgehead atoms. The number of benzene rings is 2. The van der Waals surface area contributed by atoms with Gasteiger partial charge in [-0.2, -0.15) is 0 Å². The van der Waals surface area contributed by atoms with Gasteiger partial charge in [0.15, 0.2) is 5.75 Å². The molecule has 132 valence electrons. The van der Waals surface area contributed by atoms with E-state index in [2.05, 4.69) is 0 Å². The molecular formula is C17H11ClN2O5S. The van der Waals surface area contributed by atoms with Crippen molar-refractivity contribution in [1.29, 1.82) is 0 Å². The summed E-state index contributed by atoms with van der Waals surface area (Å²) in [5.74, 6) is -0.387. The van der Waals surface area contributed by atoms with Gasteiger partial charge in [0.2, 0.25) is 0 Å². The molecule has 7 nitrogen and oxygen atoms in total. The van der Waals surface area contributed by atoms with Crippen molar-refractivity contribution in [3.05, 3.63) is 68.1 Å². The molecule has 2 amide bonds. The smallest absolute Gasteiger partial charge is 0.311 e. The van der Waals surface area contributed by atoms with Crippen LogP contribution in [0.4, 0.5) is 16.2 Å². The lowest BCUT2D eigenvalue weighted by Gasteiger charge is -2.12. The third-order valence-corrected chi connectivity index (χ3v) is 4.70. The number of halogens is 1. The number of hydrogen-bond donors (Lipinski definition) is 0. The predicted molar refractivity (Wildman–Crippen MR) is 99.6 cm³/mol. The first-order chi connectivity index (χ1) is 12.4. The fourth-order valence-corrected chi connectivity index (χ4v) is 3.34. The molecule has 1 aliphatic heterocycles. The molecule has 0 saturated carbocycles. The van der Waals surface area contributed by atoms with Crippen molar-refractivity contribution in [2.45, 2.75) is 0 Å². The van der Waals surface area contributed by atoms with Gasteiger partial charge in [-0.25, -0.2) is 4.90 Å². The molecule has 0 radical (unpaired) electrons. The second kappa shape index (κ2) is 7.19. The number of nitro groups is 1. The van der Waals surface area contributed by atoms with Crippen molar-refractivity contribution in [2.24, 2.45) is 0 Å². The quantitative estimate of drug-likeness (QED) is 0.434. The Morgan fingerprint density at radius 3 is 2.50 bits per heavy atom. The molecule has 1 fully saturated rings. The van der Waals surface area contributed by atoms with Crippen LogP contribution >= 0.6 is 23.4 Å². The summed E-state index contributed by atoms with van der Waals surface area (Å²) in [6.07, 6.45) is 1.44. The number of nitrogens with zero attached hydrogens (tertiary/aromatic N) is 2. The Balaban J connectivity index is 1.94. The molecular weight excluding hydrogens is 380 g/mol. The lowest BCUT2D eigenvalue weighted by molar-refractivity contribution is -0.385. The van der Waals surface area contributed by atoms with Crippen molar-refractivity contribution in [1.82, 2.24) is 0 Å². The highest BCUT2D eigenvalue weighted by atomic mass is 35.5. The summed E-state index contributed by atoms with van der Waals surface area (Å²) in [6, 6.07) is 10.6. The lowest BCUT2D eigenvalue weighted by atomic mass is 10.1. The summed E-state index contributed by atoms with van der Waals surface area (Å²) in [5.41, 5.74) is 0.596. The van der Waals surface area contributed by atoms with E-state index < -0.39 is 16.1 Å². The fourth-order valence-electron chi connectivity index (χ4n) is 2.37. The maximum Gasteiger partial charge on any atom is 0.311 e. The highest BCUT2D eigenvalue weighted by Gasteiger charge is 2.36. The Labute approximate surface area is 157 Å². The molecule has 0 N–H and O–H groups in total. The molecule has 9 heteroatoms. The summed E-state index contributed by atoms with van der Waals surface area (Å²) in [6.45, 7) is 0. The van der Waals surface area contributed by atoms with E-state index >= 15 is 0 Å². The number of imide groups is 1. The zero-order chi connectivity index (χ0) is 18.8. The van der Waals surface area contributed by atoms with E-state index in [1.807, 2.05) is 0 Å². The van der Waals surface area contributed by atoms with Crippen molar-refractivity contribution >= 4 is 52.0 Å². The minimum Gasteiger partial charge on any atom is -0.490 e. The lowest BCUT2D eigenvalue weighted by Crippen LogP contribution is -2.27. The molecule has 1 heterocycles. The van der Waals surface area contributed by atoms with Gasteiger partial charge in [0.1, 0.15) is 0 Å². The number of ether oxygens (including phenoxy) is 1. The van der Waals surface area contributed by atoms with Gasteiger partial charge < -0.3 is 4.74 Å². The minimum absolute atomic E-state index is 0.112. The number of carbonyl (C=O) groups is 2. The number of amides is 2. The van der Waals surface area contributed by atoms with Crippen LogP contribution in [0.25, 0.3) is 6.08 Å². The first-order valence-electron chi connectivity index (χ1n) is 7.26. The summed E-state index contributed by atoms with van der Waals surface area (Å²) in [4.78, 5) is 36.5. The Hall–Kier alpha value is -2.84. The number of anilines is 1. The van der Waals surface area contributed by atoms with Gasteiger partial charge in [-0.15, -0.1) is 0 Å². The van der Waals surface area contributed by atoms with Crippen molar-refractivity contribution < 1.29 is 19.2 Å². The van der Waals surface area contributed by atoms with E-state index in [0.29, 0.717) is 16.3 Å².